The van der Waals surface area contributed by atoms with Gasteiger partial charge in [0.05, 0.1) is 6.07 Å². The monoisotopic (exact) mass is 168 g/mol. The smallest absolute Gasteiger partial charge is 0.106 e. The molecular formula is C10H20N2. The predicted molar refractivity (Wildman–Crippen MR) is 51.8 cm³/mol. The van der Waals surface area contributed by atoms with E-state index in [1.807, 2.05) is 6.92 Å². The fourth-order valence-corrected chi connectivity index (χ4v) is 1.38. The Kier molecular flexibility index (Phi) is 5.74. The summed E-state index contributed by atoms with van der Waals surface area (Å²) in [7, 11) is 0. The molecule has 0 bridgehead atoms. The van der Waals surface area contributed by atoms with Crippen molar-refractivity contribution in [1.82, 2.24) is 5.32 Å². The summed E-state index contributed by atoms with van der Waals surface area (Å²) in [4.78, 5) is 0. The molecule has 0 aromatic rings. The lowest BCUT2D eigenvalue weighted by molar-refractivity contribution is 0.371. The second-order valence-electron chi connectivity index (χ2n) is 3.18. The predicted octanol–water partition coefficient (Wildman–Crippen LogP) is 2.46. The van der Waals surface area contributed by atoms with Crippen LogP contribution in [-0.2, 0) is 0 Å². The minimum Gasteiger partial charge on any atom is -0.300 e. The highest BCUT2D eigenvalue weighted by Crippen LogP contribution is 2.17. The Morgan fingerprint density at radius 1 is 1.33 bits per heavy atom. The van der Waals surface area contributed by atoms with Crippen LogP contribution in [0.2, 0.25) is 0 Å². The van der Waals surface area contributed by atoms with E-state index in [2.05, 4.69) is 25.2 Å². The second-order valence-corrected chi connectivity index (χ2v) is 3.18. The van der Waals surface area contributed by atoms with Gasteiger partial charge in [-0.15, -0.1) is 0 Å². The van der Waals surface area contributed by atoms with Gasteiger partial charge >= 0.3 is 0 Å². The van der Waals surface area contributed by atoms with Gasteiger partial charge in [0, 0.05) is 0 Å². The van der Waals surface area contributed by atoms with E-state index < -0.39 is 0 Å². The molecule has 0 aliphatic carbocycles. The van der Waals surface area contributed by atoms with Crippen molar-refractivity contribution in [1.29, 1.82) is 5.26 Å². The van der Waals surface area contributed by atoms with Crippen LogP contribution < -0.4 is 5.32 Å². The Morgan fingerprint density at radius 2 is 2.00 bits per heavy atom. The van der Waals surface area contributed by atoms with Crippen LogP contribution in [0.15, 0.2) is 0 Å². The largest absolute Gasteiger partial charge is 0.300 e. The van der Waals surface area contributed by atoms with Crippen LogP contribution in [0.25, 0.3) is 0 Å². The van der Waals surface area contributed by atoms with E-state index in [1.165, 1.54) is 0 Å². The van der Waals surface area contributed by atoms with Gasteiger partial charge in [-0.05, 0) is 19.4 Å². The van der Waals surface area contributed by atoms with Crippen molar-refractivity contribution in [3.05, 3.63) is 0 Å². The molecule has 0 saturated heterocycles. The number of rotatable bonds is 6. The summed E-state index contributed by atoms with van der Waals surface area (Å²) in [6.45, 7) is 7.16. The highest BCUT2D eigenvalue weighted by Gasteiger charge is 2.25. The minimum atomic E-state index is -0.259. The molecule has 0 heterocycles. The van der Waals surface area contributed by atoms with E-state index >= 15 is 0 Å². The summed E-state index contributed by atoms with van der Waals surface area (Å²) >= 11 is 0. The Balaban J connectivity index is 4.07. The Morgan fingerprint density at radius 3 is 2.33 bits per heavy atom. The zero-order chi connectivity index (χ0) is 9.45. The second kappa shape index (κ2) is 6.02. The number of nitrogens with one attached hydrogen (secondary N) is 1. The molecule has 0 saturated carbocycles. The third-order valence-electron chi connectivity index (χ3n) is 2.29. The van der Waals surface area contributed by atoms with Crippen molar-refractivity contribution in [3.63, 3.8) is 0 Å². The normalized spacial score (nSPS) is 15.2. The molecule has 0 radical (unpaired) electrons. The van der Waals surface area contributed by atoms with E-state index in [-0.39, 0.29) is 5.54 Å². The molecule has 2 nitrogen and oxygen atoms in total. The van der Waals surface area contributed by atoms with Gasteiger partial charge in [-0.2, -0.15) is 5.26 Å². The molecule has 12 heavy (non-hydrogen) atoms. The van der Waals surface area contributed by atoms with Crippen LogP contribution in [-0.4, -0.2) is 12.1 Å². The van der Waals surface area contributed by atoms with Gasteiger partial charge in [-0.25, -0.2) is 0 Å². The molecule has 0 fully saturated rings. The van der Waals surface area contributed by atoms with Gasteiger partial charge in [-0.1, -0.05) is 33.6 Å². The van der Waals surface area contributed by atoms with Crippen molar-refractivity contribution in [2.24, 2.45) is 0 Å². The maximum atomic E-state index is 9.02. The van der Waals surface area contributed by atoms with Gasteiger partial charge in [0.2, 0.25) is 0 Å². The first kappa shape index (κ1) is 11.4. The van der Waals surface area contributed by atoms with Crippen molar-refractivity contribution in [3.8, 4) is 6.07 Å². The fraction of sp³-hybridized carbons (Fsp3) is 0.900. The van der Waals surface area contributed by atoms with Gasteiger partial charge in [0.25, 0.3) is 0 Å². The lowest BCUT2D eigenvalue weighted by Gasteiger charge is -2.25. The van der Waals surface area contributed by atoms with Crippen molar-refractivity contribution < 1.29 is 0 Å². The summed E-state index contributed by atoms with van der Waals surface area (Å²) in [5, 5.41) is 12.3. The summed E-state index contributed by atoms with van der Waals surface area (Å²) in [5.74, 6) is 0. The standard InChI is InChI=1S/C10H20N2/c1-4-7-8-10(5-2,9-11)12-6-3/h12H,4-8H2,1-3H3. The van der Waals surface area contributed by atoms with E-state index in [0.717, 1.165) is 32.2 Å². The van der Waals surface area contributed by atoms with Gasteiger partial charge in [-0.3, -0.25) is 5.32 Å². The van der Waals surface area contributed by atoms with Gasteiger partial charge in [0.1, 0.15) is 5.54 Å². The molecule has 0 aliphatic rings. The summed E-state index contributed by atoms with van der Waals surface area (Å²) in [6.07, 6.45) is 4.17. The average molecular weight is 168 g/mol. The SMILES string of the molecule is CCCCC(C#N)(CC)NCC. The molecule has 0 amide bonds. The van der Waals surface area contributed by atoms with Crippen molar-refractivity contribution in [2.45, 2.75) is 52.0 Å². The van der Waals surface area contributed by atoms with E-state index in [4.69, 9.17) is 5.26 Å². The highest BCUT2D eigenvalue weighted by atomic mass is 15.0. The molecule has 1 N–H and O–H groups in total. The summed E-state index contributed by atoms with van der Waals surface area (Å²) in [5.41, 5.74) is -0.259. The lowest BCUT2D eigenvalue weighted by Crippen LogP contribution is -2.43. The van der Waals surface area contributed by atoms with E-state index in [1.54, 1.807) is 0 Å². The number of nitriles is 1. The molecular weight excluding hydrogens is 148 g/mol. The molecule has 1 unspecified atom stereocenters. The third kappa shape index (κ3) is 3.23. The van der Waals surface area contributed by atoms with Crippen LogP contribution in [0.5, 0.6) is 0 Å². The molecule has 0 spiro atoms. The van der Waals surface area contributed by atoms with Crippen LogP contribution in [0.3, 0.4) is 0 Å². The van der Waals surface area contributed by atoms with Crippen LogP contribution in [0.1, 0.15) is 46.5 Å². The Bertz CT molecular complexity index is 148. The first-order chi connectivity index (χ1) is 5.74. The van der Waals surface area contributed by atoms with Crippen molar-refractivity contribution >= 4 is 0 Å². The molecule has 1 atom stereocenters. The number of hydrogen-bond acceptors (Lipinski definition) is 2. The first-order valence-electron chi connectivity index (χ1n) is 4.91. The zero-order valence-corrected chi connectivity index (χ0v) is 8.48. The highest BCUT2D eigenvalue weighted by molar-refractivity contribution is 5.05. The third-order valence-corrected chi connectivity index (χ3v) is 2.29. The Labute approximate surface area is 76.0 Å². The maximum Gasteiger partial charge on any atom is 0.106 e. The number of hydrogen-bond donors (Lipinski definition) is 1. The van der Waals surface area contributed by atoms with Crippen LogP contribution in [0.4, 0.5) is 0 Å². The quantitative estimate of drug-likeness (QED) is 0.661. The molecule has 0 aliphatic heterocycles. The van der Waals surface area contributed by atoms with Crippen LogP contribution >= 0.6 is 0 Å². The molecule has 2 heteroatoms. The van der Waals surface area contributed by atoms with Crippen molar-refractivity contribution in [2.75, 3.05) is 6.54 Å². The zero-order valence-electron chi connectivity index (χ0n) is 8.48. The van der Waals surface area contributed by atoms with E-state index in [0.29, 0.717) is 0 Å². The lowest BCUT2D eigenvalue weighted by atomic mass is 9.91. The minimum absolute atomic E-state index is 0.259. The number of nitrogens with zero attached hydrogens (tertiary/aromatic N) is 1. The number of unbranched alkanes of at least 4 members (excludes halogenated alkanes) is 1. The average Bonchev–Trinajstić information content (AvgIpc) is 2.13. The van der Waals surface area contributed by atoms with E-state index in [9.17, 15) is 0 Å². The van der Waals surface area contributed by atoms with Crippen LogP contribution in [0, 0.1) is 11.3 Å². The molecule has 0 aromatic carbocycles. The van der Waals surface area contributed by atoms with Gasteiger partial charge in [0.15, 0.2) is 0 Å². The molecule has 70 valence electrons. The fourth-order valence-electron chi connectivity index (χ4n) is 1.38. The summed E-state index contributed by atoms with van der Waals surface area (Å²) in [6, 6.07) is 2.39. The van der Waals surface area contributed by atoms with Gasteiger partial charge < -0.3 is 0 Å². The first-order valence-corrected chi connectivity index (χ1v) is 4.91. The molecule has 0 aromatic heterocycles. The topological polar surface area (TPSA) is 35.8 Å². The molecule has 0 rings (SSSR count). The Hall–Kier alpha value is -0.550. The summed E-state index contributed by atoms with van der Waals surface area (Å²) < 4.78 is 0. The maximum absolute atomic E-state index is 9.02.